The first-order chi connectivity index (χ1) is 9.72. The second kappa shape index (κ2) is 5.83. The smallest absolute Gasteiger partial charge is 0.335 e. The first-order valence-electron chi connectivity index (χ1n) is 7.41. The normalized spacial score (nSPS) is 25.0. The molecule has 1 heterocycles. The minimum Gasteiger partial charge on any atom is -0.494 e. The molecule has 1 saturated carbocycles. The second-order valence-corrected chi connectivity index (χ2v) is 5.89. The zero-order chi connectivity index (χ0) is 13.9. The summed E-state index contributed by atoms with van der Waals surface area (Å²) in [5.74, 6) is 1.79. The summed E-state index contributed by atoms with van der Waals surface area (Å²) in [5, 5.41) is 8.81. The minimum atomic E-state index is -0.903. The summed E-state index contributed by atoms with van der Waals surface area (Å²) in [4.78, 5) is 13.3. The molecule has 1 N–H and O–H groups in total. The number of rotatable bonds is 6. The van der Waals surface area contributed by atoms with Crippen molar-refractivity contribution in [2.24, 2.45) is 11.8 Å². The van der Waals surface area contributed by atoms with Crippen molar-refractivity contribution in [3.8, 4) is 5.75 Å². The predicted octanol–water partition coefficient (Wildman–Crippen LogP) is 2.50. The largest absolute Gasteiger partial charge is 0.494 e. The van der Waals surface area contributed by atoms with Crippen LogP contribution in [0.4, 0.5) is 0 Å². The minimum absolute atomic E-state index is 0.296. The van der Waals surface area contributed by atoms with Crippen molar-refractivity contribution in [1.29, 1.82) is 0 Å². The van der Waals surface area contributed by atoms with E-state index >= 15 is 0 Å². The summed E-state index contributed by atoms with van der Waals surface area (Å²) in [6.07, 6.45) is 3.88. The number of carboxylic acids is 1. The molecule has 3 rings (SSSR count). The van der Waals surface area contributed by atoms with E-state index in [-0.39, 0.29) is 0 Å². The van der Waals surface area contributed by atoms with E-state index in [4.69, 9.17) is 9.84 Å². The first kappa shape index (κ1) is 13.4. The first-order valence-corrected chi connectivity index (χ1v) is 7.41. The van der Waals surface area contributed by atoms with E-state index in [1.54, 1.807) is 24.3 Å². The molecule has 2 atom stereocenters. The molecule has 1 aromatic carbocycles. The topological polar surface area (TPSA) is 49.8 Å². The van der Waals surface area contributed by atoms with Gasteiger partial charge in [0.25, 0.3) is 0 Å². The summed E-state index contributed by atoms with van der Waals surface area (Å²) >= 11 is 0. The van der Waals surface area contributed by atoms with Crippen molar-refractivity contribution in [3.63, 3.8) is 0 Å². The van der Waals surface area contributed by atoms with Gasteiger partial charge < -0.3 is 14.7 Å². The highest BCUT2D eigenvalue weighted by Crippen LogP contribution is 2.40. The molecular formula is C16H21NO3. The van der Waals surface area contributed by atoms with Crippen LogP contribution in [0.25, 0.3) is 0 Å². The van der Waals surface area contributed by atoms with Gasteiger partial charge in [-0.3, -0.25) is 0 Å². The fourth-order valence-corrected chi connectivity index (χ4v) is 3.21. The van der Waals surface area contributed by atoms with Crippen LogP contribution in [0.5, 0.6) is 5.75 Å². The molecule has 108 valence electrons. The fraction of sp³-hybridized carbons (Fsp3) is 0.562. The monoisotopic (exact) mass is 275 g/mol. The Hall–Kier alpha value is -1.55. The third-order valence-corrected chi connectivity index (χ3v) is 4.55. The molecule has 2 aliphatic rings. The Morgan fingerprint density at radius 3 is 2.40 bits per heavy atom. The molecule has 0 spiro atoms. The third kappa shape index (κ3) is 2.96. The Kier molecular flexibility index (Phi) is 3.92. The zero-order valence-corrected chi connectivity index (χ0v) is 11.6. The van der Waals surface area contributed by atoms with Crippen molar-refractivity contribution in [1.82, 2.24) is 4.90 Å². The lowest BCUT2D eigenvalue weighted by Crippen LogP contribution is -2.23. The quantitative estimate of drug-likeness (QED) is 0.810. The maximum absolute atomic E-state index is 10.7. The molecule has 4 nitrogen and oxygen atoms in total. The Morgan fingerprint density at radius 2 is 1.85 bits per heavy atom. The van der Waals surface area contributed by atoms with Crippen LogP contribution in [-0.2, 0) is 0 Å². The van der Waals surface area contributed by atoms with E-state index in [0.717, 1.165) is 30.6 Å². The van der Waals surface area contributed by atoms with E-state index in [1.807, 2.05) is 0 Å². The van der Waals surface area contributed by atoms with Gasteiger partial charge in [-0.15, -0.1) is 0 Å². The van der Waals surface area contributed by atoms with Crippen LogP contribution in [0.15, 0.2) is 24.3 Å². The molecule has 4 heteroatoms. The van der Waals surface area contributed by atoms with E-state index in [1.165, 1.54) is 25.9 Å². The lowest BCUT2D eigenvalue weighted by Gasteiger charge is -2.28. The van der Waals surface area contributed by atoms with Crippen LogP contribution < -0.4 is 4.74 Å². The molecule has 0 radical (unpaired) electrons. The molecule has 0 amide bonds. The Morgan fingerprint density at radius 1 is 1.20 bits per heavy atom. The van der Waals surface area contributed by atoms with Gasteiger partial charge >= 0.3 is 5.97 Å². The second-order valence-electron chi connectivity index (χ2n) is 5.89. The summed E-state index contributed by atoms with van der Waals surface area (Å²) < 4.78 is 5.65. The van der Waals surface area contributed by atoms with E-state index < -0.39 is 5.97 Å². The molecule has 1 saturated heterocycles. The highest BCUT2D eigenvalue weighted by Gasteiger charge is 2.38. The third-order valence-electron chi connectivity index (χ3n) is 4.55. The summed E-state index contributed by atoms with van der Waals surface area (Å²) in [7, 11) is 0. The van der Waals surface area contributed by atoms with Crippen LogP contribution in [0.2, 0.25) is 0 Å². The number of carboxylic acid groups (broad SMARTS) is 1. The van der Waals surface area contributed by atoms with Crippen LogP contribution in [0.3, 0.4) is 0 Å². The number of nitrogens with zero attached hydrogens (tertiary/aromatic N) is 1. The fourth-order valence-electron chi connectivity index (χ4n) is 3.21. The Labute approximate surface area is 119 Å². The molecule has 0 bridgehead atoms. The van der Waals surface area contributed by atoms with Crippen molar-refractivity contribution in [2.45, 2.75) is 19.3 Å². The van der Waals surface area contributed by atoms with Gasteiger partial charge in [0.15, 0.2) is 0 Å². The number of hydrogen-bond donors (Lipinski definition) is 1. The molecule has 20 heavy (non-hydrogen) atoms. The molecular weight excluding hydrogens is 254 g/mol. The molecule has 2 fully saturated rings. The number of carbonyl (C=O) groups is 1. The van der Waals surface area contributed by atoms with E-state index in [9.17, 15) is 4.79 Å². The van der Waals surface area contributed by atoms with Crippen molar-refractivity contribution in [3.05, 3.63) is 29.8 Å². The maximum Gasteiger partial charge on any atom is 0.335 e. The summed E-state index contributed by atoms with van der Waals surface area (Å²) in [6, 6.07) is 6.60. The SMILES string of the molecule is O=C(O)c1ccc(OCCCN2CC3CCC3C2)cc1. The Bertz CT molecular complexity index is 459. The van der Waals surface area contributed by atoms with Crippen LogP contribution in [0, 0.1) is 11.8 Å². The van der Waals surface area contributed by atoms with Gasteiger partial charge in [-0.1, -0.05) is 0 Å². The number of fused-ring (bicyclic) bond motifs is 1. The summed E-state index contributed by atoms with van der Waals surface area (Å²) in [5.41, 5.74) is 0.296. The lowest BCUT2D eigenvalue weighted by atomic mass is 9.77. The lowest BCUT2D eigenvalue weighted by molar-refractivity contribution is 0.0697. The van der Waals surface area contributed by atoms with Gasteiger partial charge in [0, 0.05) is 19.6 Å². The van der Waals surface area contributed by atoms with Gasteiger partial charge in [0.05, 0.1) is 12.2 Å². The van der Waals surface area contributed by atoms with Crippen molar-refractivity contribution in [2.75, 3.05) is 26.2 Å². The predicted molar refractivity (Wildman–Crippen MR) is 76.2 cm³/mol. The molecule has 1 aliphatic heterocycles. The highest BCUT2D eigenvalue weighted by atomic mass is 16.5. The standard InChI is InChI=1S/C16H21NO3/c18-16(19)12-4-6-15(7-5-12)20-9-1-8-17-10-13-2-3-14(13)11-17/h4-7,13-14H,1-3,8-11H2,(H,18,19). The average molecular weight is 275 g/mol. The van der Waals surface area contributed by atoms with E-state index in [2.05, 4.69) is 4.90 Å². The number of benzene rings is 1. The van der Waals surface area contributed by atoms with Gasteiger partial charge in [-0.05, 0) is 55.4 Å². The number of ether oxygens (including phenoxy) is 1. The summed E-state index contributed by atoms with van der Waals surface area (Å²) in [6.45, 7) is 4.36. The molecule has 2 unspecified atom stereocenters. The number of hydrogen-bond acceptors (Lipinski definition) is 3. The van der Waals surface area contributed by atoms with E-state index in [0.29, 0.717) is 12.2 Å². The highest BCUT2D eigenvalue weighted by molar-refractivity contribution is 5.87. The van der Waals surface area contributed by atoms with Gasteiger partial charge in [-0.2, -0.15) is 0 Å². The molecule has 1 aliphatic carbocycles. The van der Waals surface area contributed by atoms with Crippen LogP contribution in [-0.4, -0.2) is 42.2 Å². The average Bonchev–Trinajstić information content (AvgIpc) is 2.71. The van der Waals surface area contributed by atoms with Crippen molar-refractivity contribution >= 4 is 5.97 Å². The van der Waals surface area contributed by atoms with Gasteiger partial charge in [0.1, 0.15) is 5.75 Å². The van der Waals surface area contributed by atoms with Gasteiger partial charge in [0.2, 0.25) is 0 Å². The molecule has 1 aromatic rings. The number of likely N-dealkylation sites (tertiary alicyclic amines) is 1. The van der Waals surface area contributed by atoms with Crippen LogP contribution in [0.1, 0.15) is 29.6 Å². The Balaban J connectivity index is 1.36. The maximum atomic E-state index is 10.7. The van der Waals surface area contributed by atoms with Crippen molar-refractivity contribution < 1.29 is 14.6 Å². The van der Waals surface area contributed by atoms with Crippen LogP contribution >= 0.6 is 0 Å². The number of aromatic carboxylic acids is 1. The molecule has 0 aromatic heterocycles. The van der Waals surface area contributed by atoms with Gasteiger partial charge in [-0.25, -0.2) is 4.79 Å². The zero-order valence-electron chi connectivity index (χ0n) is 11.6.